The first kappa shape index (κ1) is 9.73. The van der Waals surface area contributed by atoms with Crippen LogP contribution in [0.2, 0.25) is 0 Å². The molecule has 3 heteroatoms. The van der Waals surface area contributed by atoms with E-state index in [0.29, 0.717) is 6.61 Å². The predicted octanol–water partition coefficient (Wildman–Crippen LogP) is 0.365. The van der Waals surface area contributed by atoms with Gasteiger partial charge in [-0.05, 0) is 0 Å². The number of ether oxygens (including phenoxy) is 2. The van der Waals surface area contributed by atoms with Crippen LogP contribution in [-0.4, -0.2) is 26.3 Å². The van der Waals surface area contributed by atoms with Crippen molar-refractivity contribution >= 4 is 5.97 Å². The summed E-state index contributed by atoms with van der Waals surface area (Å²) in [6, 6.07) is 0. The first-order chi connectivity index (χ1) is 5.31. The lowest BCUT2D eigenvalue weighted by Crippen LogP contribution is -1.96. The molecule has 0 aromatic rings. The molecule has 0 bridgehead atoms. The summed E-state index contributed by atoms with van der Waals surface area (Å²) in [6.45, 7) is 0.588. The molecule has 0 aliphatic carbocycles. The van der Waals surface area contributed by atoms with Crippen LogP contribution in [0, 0.1) is 12.3 Å². The molecule has 60 valence electrons. The van der Waals surface area contributed by atoms with Gasteiger partial charge in [0.05, 0.1) is 13.7 Å². The van der Waals surface area contributed by atoms with Crippen molar-refractivity contribution in [3.05, 3.63) is 12.2 Å². The van der Waals surface area contributed by atoms with E-state index in [4.69, 9.17) is 11.2 Å². The zero-order chi connectivity index (χ0) is 8.53. The lowest BCUT2D eigenvalue weighted by Gasteiger charge is -1.91. The highest BCUT2D eigenvalue weighted by Gasteiger charge is 1.87. The molecule has 0 atom stereocenters. The number of esters is 1. The Kier molecular flexibility index (Phi) is 6.05. The Morgan fingerprint density at radius 1 is 1.73 bits per heavy atom. The molecule has 11 heavy (non-hydrogen) atoms. The van der Waals surface area contributed by atoms with E-state index in [1.54, 1.807) is 6.08 Å². The van der Waals surface area contributed by atoms with Crippen LogP contribution in [0.25, 0.3) is 0 Å². The molecule has 0 N–H and O–H groups in total. The lowest BCUT2D eigenvalue weighted by molar-refractivity contribution is -0.134. The van der Waals surface area contributed by atoms with Crippen LogP contribution in [0.1, 0.15) is 0 Å². The van der Waals surface area contributed by atoms with Crippen LogP contribution >= 0.6 is 0 Å². The Hall–Kier alpha value is -1.27. The minimum atomic E-state index is -0.394. The monoisotopic (exact) mass is 154 g/mol. The fraction of sp³-hybridized carbons (Fsp3) is 0.375. The van der Waals surface area contributed by atoms with Crippen molar-refractivity contribution in [2.75, 3.05) is 20.3 Å². The Labute approximate surface area is 66.0 Å². The number of hydrogen-bond donors (Lipinski definition) is 0. The Morgan fingerprint density at radius 3 is 3.00 bits per heavy atom. The van der Waals surface area contributed by atoms with Gasteiger partial charge in [0.2, 0.25) is 0 Å². The van der Waals surface area contributed by atoms with Crippen molar-refractivity contribution in [1.82, 2.24) is 0 Å². The molecule has 0 aliphatic heterocycles. The zero-order valence-corrected chi connectivity index (χ0v) is 6.37. The summed E-state index contributed by atoms with van der Waals surface area (Å²) < 4.78 is 9.18. The van der Waals surface area contributed by atoms with Crippen molar-refractivity contribution in [2.45, 2.75) is 0 Å². The van der Waals surface area contributed by atoms with Crippen molar-refractivity contribution in [1.29, 1.82) is 0 Å². The Balaban J connectivity index is 3.31. The van der Waals surface area contributed by atoms with Crippen LogP contribution in [-0.2, 0) is 14.3 Å². The van der Waals surface area contributed by atoms with Gasteiger partial charge in [-0.1, -0.05) is 12.0 Å². The first-order valence-electron chi connectivity index (χ1n) is 3.07. The van der Waals surface area contributed by atoms with Gasteiger partial charge in [0.1, 0.15) is 6.61 Å². The summed E-state index contributed by atoms with van der Waals surface area (Å²) in [6.07, 6.45) is 7.74. The number of carbonyl (C=O) groups is 1. The predicted molar refractivity (Wildman–Crippen MR) is 40.8 cm³/mol. The highest BCUT2D eigenvalue weighted by molar-refractivity contribution is 5.81. The van der Waals surface area contributed by atoms with Crippen LogP contribution in [0.15, 0.2) is 12.2 Å². The van der Waals surface area contributed by atoms with Gasteiger partial charge in [0.15, 0.2) is 0 Å². The fourth-order valence-electron chi connectivity index (χ4n) is 0.398. The number of rotatable bonds is 4. The SMILES string of the molecule is C#CCOC/C=C/C(=O)OC. The molecule has 3 nitrogen and oxygen atoms in total. The molecule has 0 radical (unpaired) electrons. The minimum absolute atomic E-state index is 0.255. The van der Waals surface area contributed by atoms with Crippen LogP contribution in [0.5, 0.6) is 0 Å². The summed E-state index contributed by atoms with van der Waals surface area (Å²) in [5, 5.41) is 0. The Morgan fingerprint density at radius 2 is 2.45 bits per heavy atom. The van der Waals surface area contributed by atoms with Crippen LogP contribution in [0.3, 0.4) is 0 Å². The third kappa shape index (κ3) is 6.62. The molecule has 0 rings (SSSR count). The van der Waals surface area contributed by atoms with Crippen LogP contribution in [0.4, 0.5) is 0 Å². The molecular formula is C8H10O3. The number of carbonyl (C=O) groups excluding carboxylic acids is 1. The maximum absolute atomic E-state index is 10.4. The quantitative estimate of drug-likeness (QED) is 0.254. The first-order valence-corrected chi connectivity index (χ1v) is 3.07. The van der Waals surface area contributed by atoms with Crippen molar-refractivity contribution in [3.63, 3.8) is 0 Å². The van der Waals surface area contributed by atoms with E-state index in [2.05, 4.69) is 10.7 Å². The van der Waals surface area contributed by atoms with Gasteiger partial charge in [-0.2, -0.15) is 0 Å². The summed E-state index contributed by atoms with van der Waals surface area (Å²) >= 11 is 0. The second-order valence-corrected chi connectivity index (χ2v) is 1.64. The average Bonchev–Trinajstić information content (AvgIpc) is 2.04. The molecule has 0 aliphatic rings. The van der Waals surface area contributed by atoms with Gasteiger partial charge in [0.25, 0.3) is 0 Å². The smallest absolute Gasteiger partial charge is 0.330 e. The van der Waals surface area contributed by atoms with Gasteiger partial charge in [-0.15, -0.1) is 6.42 Å². The molecule has 0 aromatic heterocycles. The van der Waals surface area contributed by atoms with E-state index < -0.39 is 5.97 Å². The number of methoxy groups -OCH3 is 1. The average molecular weight is 154 g/mol. The largest absolute Gasteiger partial charge is 0.466 e. The van der Waals surface area contributed by atoms with E-state index in [9.17, 15) is 4.79 Å². The third-order valence-corrected chi connectivity index (χ3v) is 0.855. The molecule has 0 heterocycles. The fourth-order valence-corrected chi connectivity index (χ4v) is 0.398. The third-order valence-electron chi connectivity index (χ3n) is 0.855. The molecule has 0 saturated carbocycles. The molecule has 0 aromatic carbocycles. The van der Waals surface area contributed by atoms with Crippen LogP contribution < -0.4 is 0 Å². The van der Waals surface area contributed by atoms with Gasteiger partial charge >= 0.3 is 5.97 Å². The summed E-state index contributed by atoms with van der Waals surface area (Å²) in [5.74, 6) is 1.90. The highest BCUT2D eigenvalue weighted by Crippen LogP contribution is 1.79. The number of terminal acetylenes is 1. The molecule has 0 amide bonds. The van der Waals surface area contributed by atoms with Crippen molar-refractivity contribution < 1.29 is 14.3 Å². The minimum Gasteiger partial charge on any atom is -0.466 e. The number of hydrogen-bond acceptors (Lipinski definition) is 3. The van der Waals surface area contributed by atoms with E-state index in [0.717, 1.165) is 0 Å². The maximum atomic E-state index is 10.4. The molecule has 0 fully saturated rings. The van der Waals surface area contributed by atoms with Gasteiger partial charge in [0, 0.05) is 6.08 Å². The van der Waals surface area contributed by atoms with Crippen molar-refractivity contribution in [3.8, 4) is 12.3 Å². The summed E-state index contributed by atoms with van der Waals surface area (Å²) in [5.41, 5.74) is 0. The summed E-state index contributed by atoms with van der Waals surface area (Å²) in [4.78, 5) is 10.4. The van der Waals surface area contributed by atoms with E-state index >= 15 is 0 Å². The van der Waals surface area contributed by atoms with Gasteiger partial charge in [-0.25, -0.2) is 4.79 Å². The summed E-state index contributed by atoms with van der Waals surface area (Å²) in [7, 11) is 1.31. The second-order valence-electron chi connectivity index (χ2n) is 1.64. The maximum Gasteiger partial charge on any atom is 0.330 e. The molecular weight excluding hydrogens is 144 g/mol. The van der Waals surface area contributed by atoms with E-state index in [1.807, 2.05) is 0 Å². The van der Waals surface area contributed by atoms with Gasteiger partial charge < -0.3 is 9.47 Å². The van der Waals surface area contributed by atoms with Crippen molar-refractivity contribution in [2.24, 2.45) is 0 Å². The molecule has 0 unspecified atom stereocenters. The van der Waals surface area contributed by atoms with E-state index in [1.165, 1.54) is 13.2 Å². The topological polar surface area (TPSA) is 35.5 Å². The second kappa shape index (κ2) is 6.84. The van der Waals surface area contributed by atoms with Gasteiger partial charge in [-0.3, -0.25) is 0 Å². The molecule has 0 saturated heterocycles. The highest BCUT2D eigenvalue weighted by atomic mass is 16.5. The molecule has 0 spiro atoms. The Bertz CT molecular complexity index is 176. The zero-order valence-electron chi connectivity index (χ0n) is 6.37. The standard InChI is InChI=1S/C8H10O3/c1-3-6-11-7-4-5-8(9)10-2/h1,4-5H,6-7H2,2H3/b5-4+. The van der Waals surface area contributed by atoms with E-state index in [-0.39, 0.29) is 6.61 Å². The lowest BCUT2D eigenvalue weighted by atomic mass is 10.5. The normalized spacial score (nSPS) is 9.45.